The zero-order valence-corrected chi connectivity index (χ0v) is 8.89. The molecule has 5 nitrogen and oxygen atoms in total. The Balaban J connectivity index is 2.35. The minimum absolute atomic E-state index is 0.346. The number of carbonyl (C=O) groups excluding carboxylic acids is 1. The molecule has 0 saturated heterocycles. The van der Waals surface area contributed by atoms with Gasteiger partial charge in [0, 0.05) is 0 Å². The fourth-order valence-corrected chi connectivity index (χ4v) is 1.44. The van der Waals surface area contributed by atoms with E-state index in [0.717, 1.165) is 5.52 Å². The summed E-state index contributed by atoms with van der Waals surface area (Å²) in [6, 6.07) is 7.30. The molecule has 82 valence electrons. The van der Waals surface area contributed by atoms with Crippen LogP contribution in [0.3, 0.4) is 0 Å². The number of halogens is 1. The molecular formula is C10H8ClN3O2. The zero-order chi connectivity index (χ0) is 11.5. The molecule has 1 heterocycles. The lowest BCUT2D eigenvalue weighted by Gasteiger charge is -2.08. The van der Waals surface area contributed by atoms with Gasteiger partial charge in [-0.05, 0) is 12.1 Å². The number of nitrogens with zero attached hydrogens (tertiary/aromatic N) is 2. The molecule has 2 rings (SSSR count). The average molecular weight is 238 g/mol. The molecule has 0 bridgehead atoms. The van der Waals surface area contributed by atoms with E-state index in [1.165, 1.54) is 6.20 Å². The molecule has 0 saturated carbocycles. The SMILES string of the molecule is NC(=O)OC(Cl)c1cnc2ccccc2n1. The minimum Gasteiger partial charge on any atom is -0.424 e. The second kappa shape index (κ2) is 4.32. The summed E-state index contributed by atoms with van der Waals surface area (Å²) in [5, 5.41) is 0. The predicted molar refractivity (Wildman–Crippen MR) is 58.8 cm³/mol. The maximum Gasteiger partial charge on any atom is 0.406 e. The Morgan fingerprint density at radius 3 is 2.75 bits per heavy atom. The summed E-state index contributed by atoms with van der Waals surface area (Å²) in [7, 11) is 0. The van der Waals surface area contributed by atoms with Crippen LogP contribution in [0.5, 0.6) is 0 Å². The van der Waals surface area contributed by atoms with Gasteiger partial charge in [-0.1, -0.05) is 23.7 Å². The van der Waals surface area contributed by atoms with Crippen molar-refractivity contribution in [3.63, 3.8) is 0 Å². The molecule has 0 radical (unpaired) electrons. The number of hydrogen-bond acceptors (Lipinski definition) is 4. The van der Waals surface area contributed by atoms with Gasteiger partial charge in [-0.3, -0.25) is 4.98 Å². The van der Waals surface area contributed by atoms with Crippen LogP contribution < -0.4 is 5.73 Å². The van der Waals surface area contributed by atoms with Crippen LogP contribution >= 0.6 is 11.6 Å². The van der Waals surface area contributed by atoms with Crippen molar-refractivity contribution >= 4 is 28.7 Å². The van der Waals surface area contributed by atoms with E-state index in [1.54, 1.807) is 6.07 Å². The average Bonchev–Trinajstić information content (AvgIpc) is 2.27. The first-order chi connectivity index (χ1) is 7.66. The van der Waals surface area contributed by atoms with Crippen molar-refractivity contribution in [2.75, 3.05) is 0 Å². The number of benzene rings is 1. The first kappa shape index (κ1) is 10.6. The summed E-state index contributed by atoms with van der Waals surface area (Å²) >= 11 is 5.78. The highest BCUT2D eigenvalue weighted by Crippen LogP contribution is 2.20. The van der Waals surface area contributed by atoms with Crippen LogP contribution in [0.4, 0.5) is 4.79 Å². The van der Waals surface area contributed by atoms with Crippen LogP contribution in [-0.2, 0) is 4.74 Å². The lowest BCUT2D eigenvalue weighted by Crippen LogP contribution is -2.15. The molecule has 6 heteroatoms. The van der Waals surface area contributed by atoms with Crippen molar-refractivity contribution in [1.29, 1.82) is 0 Å². The largest absolute Gasteiger partial charge is 0.424 e. The van der Waals surface area contributed by atoms with Crippen molar-refractivity contribution < 1.29 is 9.53 Å². The smallest absolute Gasteiger partial charge is 0.406 e. The molecule has 0 spiro atoms. The van der Waals surface area contributed by atoms with E-state index >= 15 is 0 Å². The predicted octanol–water partition coefficient (Wildman–Crippen LogP) is 1.96. The molecule has 0 aliphatic carbocycles. The number of primary amides is 1. The van der Waals surface area contributed by atoms with Gasteiger partial charge in [0.1, 0.15) is 5.69 Å². The highest BCUT2D eigenvalue weighted by Gasteiger charge is 2.13. The van der Waals surface area contributed by atoms with Crippen LogP contribution in [0.1, 0.15) is 11.3 Å². The number of fused-ring (bicyclic) bond motifs is 1. The van der Waals surface area contributed by atoms with Crippen LogP contribution in [0, 0.1) is 0 Å². The van der Waals surface area contributed by atoms with E-state index in [-0.39, 0.29) is 0 Å². The molecule has 0 fully saturated rings. The Morgan fingerprint density at radius 1 is 1.38 bits per heavy atom. The molecule has 1 aromatic heterocycles. The molecule has 1 atom stereocenters. The van der Waals surface area contributed by atoms with Crippen LogP contribution in [0.2, 0.25) is 0 Å². The Kier molecular flexibility index (Phi) is 2.87. The normalized spacial score (nSPS) is 12.3. The lowest BCUT2D eigenvalue weighted by atomic mass is 10.3. The maximum atomic E-state index is 10.5. The Morgan fingerprint density at radius 2 is 2.06 bits per heavy atom. The van der Waals surface area contributed by atoms with E-state index in [0.29, 0.717) is 11.2 Å². The van der Waals surface area contributed by atoms with E-state index in [1.807, 2.05) is 18.2 Å². The van der Waals surface area contributed by atoms with Crippen molar-refractivity contribution in [2.45, 2.75) is 5.56 Å². The van der Waals surface area contributed by atoms with Gasteiger partial charge in [-0.25, -0.2) is 9.78 Å². The summed E-state index contributed by atoms with van der Waals surface area (Å²) < 4.78 is 4.59. The summed E-state index contributed by atoms with van der Waals surface area (Å²) in [5.74, 6) is 0. The number of hydrogen-bond donors (Lipinski definition) is 1. The van der Waals surface area contributed by atoms with Crippen LogP contribution in [0.15, 0.2) is 30.5 Å². The third-order valence-corrected chi connectivity index (χ3v) is 2.23. The number of carbonyl (C=O) groups is 1. The number of rotatable bonds is 2. The van der Waals surface area contributed by atoms with Crippen molar-refractivity contribution in [1.82, 2.24) is 9.97 Å². The highest BCUT2D eigenvalue weighted by molar-refractivity contribution is 6.20. The lowest BCUT2D eigenvalue weighted by molar-refractivity contribution is 0.142. The molecule has 1 amide bonds. The van der Waals surface area contributed by atoms with E-state index in [9.17, 15) is 4.79 Å². The van der Waals surface area contributed by atoms with Gasteiger partial charge in [0.05, 0.1) is 17.2 Å². The number of ether oxygens (including phenoxy) is 1. The Labute approximate surface area is 96.2 Å². The number of para-hydroxylation sites is 2. The summed E-state index contributed by atoms with van der Waals surface area (Å²) in [4.78, 5) is 18.8. The monoisotopic (exact) mass is 237 g/mol. The summed E-state index contributed by atoms with van der Waals surface area (Å²) in [6.07, 6.45) is 0.498. The fraction of sp³-hybridized carbons (Fsp3) is 0.100. The standard InChI is InChI=1S/C10H8ClN3O2/c11-9(16-10(12)15)8-5-13-6-3-1-2-4-7(6)14-8/h1-5,9H,(H2,12,15). The highest BCUT2D eigenvalue weighted by atomic mass is 35.5. The maximum absolute atomic E-state index is 10.5. The van der Waals surface area contributed by atoms with Gasteiger partial charge in [-0.2, -0.15) is 0 Å². The minimum atomic E-state index is -1.02. The Hall–Kier alpha value is -1.88. The van der Waals surface area contributed by atoms with Crippen LogP contribution in [-0.4, -0.2) is 16.1 Å². The molecule has 16 heavy (non-hydrogen) atoms. The summed E-state index contributed by atoms with van der Waals surface area (Å²) in [6.45, 7) is 0. The van der Waals surface area contributed by atoms with Gasteiger partial charge >= 0.3 is 6.09 Å². The second-order valence-electron chi connectivity index (χ2n) is 3.04. The number of nitrogens with two attached hydrogens (primary N) is 1. The van der Waals surface area contributed by atoms with Crippen molar-refractivity contribution in [2.24, 2.45) is 5.73 Å². The van der Waals surface area contributed by atoms with Gasteiger partial charge in [0.15, 0.2) is 0 Å². The number of alkyl halides is 1. The number of amides is 1. The quantitative estimate of drug-likeness (QED) is 0.810. The summed E-state index contributed by atoms with van der Waals surface area (Å²) in [5.41, 5.74) is 5.60. The second-order valence-corrected chi connectivity index (χ2v) is 3.43. The first-order valence-electron chi connectivity index (χ1n) is 4.48. The van der Waals surface area contributed by atoms with Gasteiger partial charge in [0.2, 0.25) is 5.56 Å². The van der Waals surface area contributed by atoms with Crippen molar-refractivity contribution in [3.05, 3.63) is 36.2 Å². The van der Waals surface area contributed by atoms with Gasteiger partial charge in [-0.15, -0.1) is 0 Å². The molecule has 1 unspecified atom stereocenters. The molecule has 0 aliphatic rings. The molecule has 0 aliphatic heterocycles. The molecular weight excluding hydrogens is 230 g/mol. The fourth-order valence-electron chi connectivity index (χ4n) is 1.24. The topological polar surface area (TPSA) is 78.1 Å². The third kappa shape index (κ3) is 2.20. The first-order valence-corrected chi connectivity index (χ1v) is 4.92. The van der Waals surface area contributed by atoms with E-state index < -0.39 is 11.7 Å². The van der Waals surface area contributed by atoms with Gasteiger partial charge < -0.3 is 10.5 Å². The zero-order valence-electron chi connectivity index (χ0n) is 8.13. The molecule has 1 aromatic carbocycles. The third-order valence-electron chi connectivity index (χ3n) is 1.92. The van der Waals surface area contributed by atoms with Gasteiger partial charge in [0.25, 0.3) is 0 Å². The number of aromatic nitrogens is 2. The Bertz CT molecular complexity index is 532. The van der Waals surface area contributed by atoms with E-state index in [2.05, 4.69) is 14.7 Å². The van der Waals surface area contributed by atoms with E-state index in [4.69, 9.17) is 17.3 Å². The van der Waals surface area contributed by atoms with Crippen LogP contribution in [0.25, 0.3) is 11.0 Å². The molecule has 2 N–H and O–H groups in total. The van der Waals surface area contributed by atoms with Crippen molar-refractivity contribution in [3.8, 4) is 0 Å². The molecule has 2 aromatic rings.